The number of carbonyl (C=O) groups is 1. The lowest BCUT2D eigenvalue weighted by Gasteiger charge is -2.29. The highest BCUT2D eigenvalue weighted by Gasteiger charge is 2.17. The zero-order chi connectivity index (χ0) is 19.1. The van der Waals surface area contributed by atoms with Gasteiger partial charge in [-0.3, -0.25) is 4.79 Å². The third-order valence-electron chi connectivity index (χ3n) is 4.75. The molecule has 2 aromatic carbocycles. The van der Waals surface area contributed by atoms with Crippen LogP contribution >= 0.6 is 0 Å². The summed E-state index contributed by atoms with van der Waals surface area (Å²) in [6.07, 6.45) is 3.27. The molecule has 0 spiro atoms. The van der Waals surface area contributed by atoms with Crippen molar-refractivity contribution in [3.05, 3.63) is 77.5 Å². The van der Waals surface area contributed by atoms with Crippen LogP contribution < -0.4 is 10.2 Å². The standard InChI is InChI=1S/C24H26N2O/c1-3-4-13-24(27)25-17-16-19(2)26-18-22-11-6-5-9-20(22)14-15-21-10-7-8-12-23(21)26/h5-12H,2-4,13,16-18H2,1H3,(H,25,27). The van der Waals surface area contributed by atoms with Crippen molar-refractivity contribution in [1.82, 2.24) is 5.32 Å². The summed E-state index contributed by atoms with van der Waals surface area (Å²) in [7, 11) is 0. The van der Waals surface area contributed by atoms with E-state index in [-0.39, 0.29) is 5.91 Å². The van der Waals surface area contributed by atoms with Gasteiger partial charge in [-0.2, -0.15) is 0 Å². The number of unbranched alkanes of at least 4 members (excludes halogenated alkanes) is 1. The number of nitrogens with one attached hydrogen (secondary N) is 1. The first-order valence-electron chi connectivity index (χ1n) is 9.60. The van der Waals surface area contributed by atoms with Crippen LogP contribution in [0.3, 0.4) is 0 Å². The Labute approximate surface area is 162 Å². The smallest absolute Gasteiger partial charge is 0.220 e. The zero-order valence-corrected chi connectivity index (χ0v) is 15.9. The van der Waals surface area contributed by atoms with E-state index in [9.17, 15) is 4.79 Å². The molecule has 3 heteroatoms. The molecule has 1 aliphatic rings. The predicted molar refractivity (Wildman–Crippen MR) is 111 cm³/mol. The van der Waals surface area contributed by atoms with Crippen molar-refractivity contribution in [3.63, 3.8) is 0 Å². The van der Waals surface area contributed by atoms with Crippen molar-refractivity contribution >= 4 is 11.6 Å². The molecule has 0 bridgehead atoms. The van der Waals surface area contributed by atoms with Gasteiger partial charge in [0.15, 0.2) is 0 Å². The van der Waals surface area contributed by atoms with E-state index in [0.29, 0.717) is 19.4 Å². The number of hydrogen-bond acceptors (Lipinski definition) is 2. The summed E-state index contributed by atoms with van der Waals surface area (Å²) in [5, 5.41) is 3.00. The Kier molecular flexibility index (Phi) is 6.33. The quantitative estimate of drug-likeness (QED) is 0.733. The van der Waals surface area contributed by atoms with Gasteiger partial charge in [-0.05, 0) is 30.2 Å². The van der Waals surface area contributed by atoms with E-state index >= 15 is 0 Å². The van der Waals surface area contributed by atoms with Crippen LogP contribution in [-0.4, -0.2) is 12.5 Å². The minimum absolute atomic E-state index is 0.119. The molecule has 27 heavy (non-hydrogen) atoms. The Morgan fingerprint density at radius 3 is 2.59 bits per heavy atom. The van der Waals surface area contributed by atoms with E-state index in [0.717, 1.165) is 41.9 Å². The topological polar surface area (TPSA) is 32.3 Å². The van der Waals surface area contributed by atoms with Gasteiger partial charge in [0.05, 0.1) is 5.69 Å². The zero-order valence-electron chi connectivity index (χ0n) is 15.9. The van der Waals surface area contributed by atoms with Gasteiger partial charge in [0, 0.05) is 42.8 Å². The van der Waals surface area contributed by atoms with Crippen LogP contribution in [0, 0.1) is 11.8 Å². The van der Waals surface area contributed by atoms with E-state index < -0.39 is 0 Å². The first-order valence-corrected chi connectivity index (χ1v) is 9.60. The number of nitrogens with zero attached hydrogens (tertiary/aromatic N) is 1. The average Bonchev–Trinajstić information content (AvgIpc) is 2.68. The van der Waals surface area contributed by atoms with Crippen LogP contribution in [0.5, 0.6) is 0 Å². The summed E-state index contributed by atoms with van der Waals surface area (Å²) in [5.41, 5.74) is 5.30. The normalized spacial score (nSPS) is 12.0. The molecule has 0 aliphatic carbocycles. The van der Waals surface area contributed by atoms with Gasteiger partial charge in [0.25, 0.3) is 0 Å². The van der Waals surface area contributed by atoms with Gasteiger partial charge < -0.3 is 10.2 Å². The van der Waals surface area contributed by atoms with E-state index in [1.54, 1.807) is 0 Å². The third kappa shape index (κ3) is 4.80. The van der Waals surface area contributed by atoms with Crippen LogP contribution in [0.1, 0.15) is 49.3 Å². The van der Waals surface area contributed by atoms with Crippen molar-refractivity contribution in [1.29, 1.82) is 0 Å². The van der Waals surface area contributed by atoms with Gasteiger partial charge >= 0.3 is 0 Å². The van der Waals surface area contributed by atoms with E-state index in [4.69, 9.17) is 0 Å². The fraction of sp³-hybridized carbons (Fsp3) is 0.292. The molecule has 0 atom stereocenters. The molecule has 2 aromatic rings. The monoisotopic (exact) mass is 358 g/mol. The largest absolute Gasteiger partial charge is 0.356 e. The number of carbonyl (C=O) groups excluding carboxylic acids is 1. The molecule has 1 aliphatic heterocycles. The first kappa shape index (κ1) is 18.8. The molecule has 1 heterocycles. The van der Waals surface area contributed by atoms with Crippen LogP contribution in [0.25, 0.3) is 0 Å². The molecule has 0 fully saturated rings. The highest BCUT2D eigenvalue weighted by molar-refractivity contribution is 5.75. The third-order valence-corrected chi connectivity index (χ3v) is 4.75. The molecule has 3 rings (SSSR count). The van der Waals surface area contributed by atoms with Crippen molar-refractivity contribution in [2.75, 3.05) is 11.4 Å². The fourth-order valence-corrected chi connectivity index (χ4v) is 3.17. The van der Waals surface area contributed by atoms with Crippen molar-refractivity contribution in [3.8, 4) is 11.8 Å². The minimum Gasteiger partial charge on any atom is -0.356 e. The number of para-hydroxylation sites is 1. The summed E-state index contributed by atoms with van der Waals surface area (Å²) in [6.45, 7) is 7.73. The van der Waals surface area contributed by atoms with Crippen LogP contribution in [0.4, 0.5) is 5.69 Å². The second kappa shape index (κ2) is 9.09. The van der Waals surface area contributed by atoms with E-state index in [1.165, 1.54) is 5.56 Å². The Hall–Kier alpha value is -2.99. The van der Waals surface area contributed by atoms with Crippen molar-refractivity contribution < 1.29 is 4.79 Å². The Bertz CT molecular complexity index is 888. The van der Waals surface area contributed by atoms with Crippen molar-refractivity contribution in [2.45, 2.75) is 39.2 Å². The number of anilines is 1. The minimum atomic E-state index is 0.119. The second-order valence-electron chi connectivity index (χ2n) is 6.78. The molecule has 0 radical (unpaired) electrons. The number of hydrogen-bond donors (Lipinski definition) is 1. The maximum atomic E-state index is 11.8. The molecule has 0 aromatic heterocycles. The first-order chi connectivity index (χ1) is 13.2. The van der Waals surface area contributed by atoms with Crippen LogP contribution in [-0.2, 0) is 11.3 Å². The molecule has 1 amide bonds. The van der Waals surface area contributed by atoms with Gasteiger partial charge in [0.1, 0.15) is 0 Å². The summed E-state index contributed by atoms with van der Waals surface area (Å²) >= 11 is 0. The Balaban J connectivity index is 1.77. The molecule has 0 unspecified atom stereocenters. The Morgan fingerprint density at radius 1 is 1.07 bits per heavy atom. The van der Waals surface area contributed by atoms with Gasteiger partial charge in [-0.25, -0.2) is 0 Å². The molecular weight excluding hydrogens is 332 g/mol. The number of fused-ring (bicyclic) bond motifs is 2. The number of amides is 1. The van der Waals surface area contributed by atoms with Gasteiger partial charge in [-0.1, -0.05) is 62.1 Å². The van der Waals surface area contributed by atoms with Crippen molar-refractivity contribution in [2.24, 2.45) is 0 Å². The summed E-state index contributed by atoms with van der Waals surface area (Å²) in [6, 6.07) is 16.4. The average molecular weight is 358 g/mol. The second-order valence-corrected chi connectivity index (χ2v) is 6.78. The lowest BCUT2D eigenvalue weighted by Crippen LogP contribution is -2.28. The number of rotatable bonds is 7. The highest BCUT2D eigenvalue weighted by Crippen LogP contribution is 2.28. The van der Waals surface area contributed by atoms with Gasteiger partial charge in [-0.15, -0.1) is 0 Å². The van der Waals surface area contributed by atoms with Crippen LogP contribution in [0.2, 0.25) is 0 Å². The maximum Gasteiger partial charge on any atom is 0.220 e. The van der Waals surface area contributed by atoms with E-state index in [2.05, 4.69) is 53.8 Å². The fourth-order valence-electron chi connectivity index (χ4n) is 3.17. The lowest BCUT2D eigenvalue weighted by atomic mass is 10.0. The maximum absolute atomic E-state index is 11.8. The lowest BCUT2D eigenvalue weighted by molar-refractivity contribution is -0.121. The van der Waals surface area contributed by atoms with E-state index in [1.807, 2.05) is 30.3 Å². The summed E-state index contributed by atoms with van der Waals surface area (Å²) < 4.78 is 0. The summed E-state index contributed by atoms with van der Waals surface area (Å²) in [5.74, 6) is 6.72. The molecular formula is C24H26N2O. The molecule has 0 saturated carbocycles. The molecule has 3 nitrogen and oxygen atoms in total. The molecule has 0 saturated heterocycles. The SMILES string of the molecule is C=C(CCNC(=O)CCCC)N1Cc2ccccc2C#Cc2ccccc21. The predicted octanol–water partition coefficient (Wildman–Crippen LogP) is 4.62. The molecule has 1 N–H and O–H groups in total. The summed E-state index contributed by atoms with van der Waals surface area (Å²) in [4.78, 5) is 14.1. The number of benzene rings is 2. The Morgan fingerprint density at radius 2 is 1.78 bits per heavy atom. The molecule has 138 valence electrons. The highest BCUT2D eigenvalue weighted by atomic mass is 16.1. The van der Waals surface area contributed by atoms with Crippen LogP contribution in [0.15, 0.2) is 60.8 Å². The van der Waals surface area contributed by atoms with Gasteiger partial charge in [0.2, 0.25) is 5.91 Å².